The first kappa shape index (κ1) is 8.02. The van der Waals surface area contributed by atoms with Crippen LogP contribution in [0.4, 0.5) is 0 Å². The number of nitrogens with one attached hydrogen (secondary N) is 2. The highest BCUT2D eigenvalue weighted by atomic mass is 15.2. The summed E-state index contributed by atoms with van der Waals surface area (Å²) >= 11 is 0. The van der Waals surface area contributed by atoms with Crippen molar-refractivity contribution in [3.8, 4) is 0 Å². The molecule has 1 unspecified atom stereocenters. The van der Waals surface area contributed by atoms with Crippen LogP contribution in [0.15, 0.2) is 0 Å². The van der Waals surface area contributed by atoms with Crippen LogP contribution in [-0.2, 0) is 0 Å². The van der Waals surface area contributed by atoms with Crippen molar-refractivity contribution in [1.82, 2.24) is 5.32 Å². The Morgan fingerprint density at radius 1 is 1.50 bits per heavy atom. The Labute approximate surface area is 63.6 Å². The number of hydrogen-bond donors (Lipinski definition) is 2. The van der Waals surface area contributed by atoms with Crippen LogP contribution in [-0.4, -0.2) is 31.7 Å². The van der Waals surface area contributed by atoms with Crippen LogP contribution < -0.4 is 10.2 Å². The third-order valence-electron chi connectivity index (χ3n) is 2.49. The summed E-state index contributed by atoms with van der Waals surface area (Å²) < 4.78 is 0. The minimum atomic E-state index is 0.714. The van der Waals surface area contributed by atoms with E-state index in [0.29, 0.717) is 6.04 Å². The molecule has 60 valence electrons. The lowest BCUT2D eigenvalue weighted by Gasteiger charge is -2.33. The Morgan fingerprint density at radius 3 is 2.70 bits per heavy atom. The zero-order chi connectivity index (χ0) is 7.56. The maximum atomic E-state index is 3.48. The van der Waals surface area contributed by atoms with Crippen LogP contribution in [0.1, 0.15) is 20.8 Å². The molecule has 3 atom stereocenters. The third-order valence-corrected chi connectivity index (χ3v) is 2.49. The van der Waals surface area contributed by atoms with Crippen LogP contribution in [0.3, 0.4) is 0 Å². The molecule has 0 aromatic carbocycles. The molecule has 2 N–H and O–H groups in total. The van der Waals surface area contributed by atoms with E-state index in [1.165, 1.54) is 19.6 Å². The molecule has 0 radical (unpaired) electrons. The second kappa shape index (κ2) is 3.35. The molecule has 2 nitrogen and oxygen atoms in total. The lowest BCUT2D eigenvalue weighted by Crippen LogP contribution is -3.18. The van der Waals surface area contributed by atoms with E-state index in [9.17, 15) is 0 Å². The van der Waals surface area contributed by atoms with E-state index in [1.54, 1.807) is 4.90 Å². The van der Waals surface area contributed by atoms with Gasteiger partial charge in [-0.2, -0.15) is 0 Å². The molecule has 1 rings (SSSR count). The highest BCUT2D eigenvalue weighted by Crippen LogP contribution is 1.85. The van der Waals surface area contributed by atoms with E-state index >= 15 is 0 Å². The topological polar surface area (TPSA) is 16.5 Å². The first-order valence-electron chi connectivity index (χ1n) is 4.32. The smallest absolute Gasteiger partial charge is 0.0972 e. The van der Waals surface area contributed by atoms with Crippen LogP contribution in [0.5, 0.6) is 0 Å². The zero-order valence-electron chi connectivity index (χ0n) is 7.28. The van der Waals surface area contributed by atoms with Crippen molar-refractivity contribution in [3.05, 3.63) is 0 Å². The standard InChI is InChI=1S/C8H18N2/c1-4-10-6-7(2)9-5-8(10)3/h7-9H,4-6H2,1-3H3/p+1/t7-,8-/m0/s1. The monoisotopic (exact) mass is 143 g/mol. The normalized spacial score (nSPS) is 41.7. The summed E-state index contributed by atoms with van der Waals surface area (Å²) in [5.41, 5.74) is 0. The van der Waals surface area contributed by atoms with Gasteiger partial charge in [-0.15, -0.1) is 0 Å². The van der Waals surface area contributed by atoms with Gasteiger partial charge in [-0.25, -0.2) is 0 Å². The molecule has 0 bridgehead atoms. The van der Waals surface area contributed by atoms with Gasteiger partial charge in [-0.1, -0.05) is 0 Å². The van der Waals surface area contributed by atoms with Gasteiger partial charge >= 0.3 is 0 Å². The van der Waals surface area contributed by atoms with Gasteiger partial charge in [-0.05, 0) is 20.8 Å². The average molecular weight is 143 g/mol. The van der Waals surface area contributed by atoms with E-state index in [0.717, 1.165) is 6.04 Å². The predicted octanol–water partition coefficient (Wildman–Crippen LogP) is -0.729. The molecule has 1 saturated heterocycles. The number of likely N-dealkylation sites (N-methyl/N-ethyl adjacent to an activating group) is 1. The molecule has 0 aromatic rings. The molecule has 0 spiro atoms. The lowest BCUT2D eigenvalue weighted by atomic mass is 10.1. The predicted molar refractivity (Wildman–Crippen MR) is 43.3 cm³/mol. The first-order chi connectivity index (χ1) is 4.74. The second-order valence-electron chi connectivity index (χ2n) is 3.43. The summed E-state index contributed by atoms with van der Waals surface area (Å²) in [5, 5.41) is 3.48. The SMILES string of the molecule is CC[NH+]1C[C@H](C)NC[C@@H]1C. The molecule has 1 fully saturated rings. The van der Waals surface area contributed by atoms with Gasteiger partial charge in [0, 0.05) is 6.54 Å². The average Bonchev–Trinajstić information content (AvgIpc) is 1.94. The number of piperazine rings is 1. The Balaban J connectivity index is 2.38. The lowest BCUT2D eigenvalue weighted by molar-refractivity contribution is -0.926. The van der Waals surface area contributed by atoms with Crippen LogP contribution in [0.2, 0.25) is 0 Å². The van der Waals surface area contributed by atoms with Crippen molar-refractivity contribution in [2.75, 3.05) is 19.6 Å². The van der Waals surface area contributed by atoms with Gasteiger partial charge in [0.05, 0.1) is 25.2 Å². The second-order valence-corrected chi connectivity index (χ2v) is 3.43. The van der Waals surface area contributed by atoms with Crippen molar-refractivity contribution in [1.29, 1.82) is 0 Å². The Kier molecular flexibility index (Phi) is 2.69. The first-order valence-corrected chi connectivity index (χ1v) is 4.32. The van der Waals surface area contributed by atoms with E-state index < -0.39 is 0 Å². The van der Waals surface area contributed by atoms with Crippen molar-refractivity contribution in [2.24, 2.45) is 0 Å². The molecule has 0 amide bonds. The van der Waals surface area contributed by atoms with Crippen molar-refractivity contribution in [2.45, 2.75) is 32.9 Å². The molecule has 2 heteroatoms. The largest absolute Gasteiger partial charge is 0.331 e. The van der Waals surface area contributed by atoms with Crippen molar-refractivity contribution < 1.29 is 4.90 Å². The van der Waals surface area contributed by atoms with E-state index in [2.05, 4.69) is 26.1 Å². The Morgan fingerprint density at radius 2 is 2.20 bits per heavy atom. The fourth-order valence-corrected chi connectivity index (χ4v) is 1.68. The number of rotatable bonds is 1. The fraction of sp³-hybridized carbons (Fsp3) is 1.00. The fourth-order valence-electron chi connectivity index (χ4n) is 1.68. The summed E-state index contributed by atoms with van der Waals surface area (Å²) in [6.45, 7) is 10.6. The van der Waals surface area contributed by atoms with Crippen molar-refractivity contribution in [3.63, 3.8) is 0 Å². The molecular formula is C8H19N2+. The molecule has 0 aromatic heterocycles. The molecule has 10 heavy (non-hydrogen) atoms. The van der Waals surface area contributed by atoms with Gasteiger partial charge < -0.3 is 10.2 Å². The van der Waals surface area contributed by atoms with E-state index in [-0.39, 0.29) is 0 Å². The molecule has 0 aliphatic carbocycles. The summed E-state index contributed by atoms with van der Waals surface area (Å²) in [5.74, 6) is 0. The van der Waals surface area contributed by atoms with E-state index in [4.69, 9.17) is 0 Å². The van der Waals surface area contributed by atoms with Crippen LogP contribution >= 0.6 is 0 Å². The van der Waals surface area contributed by atoms with E-state index in [1.807, 2.05) is 0 Å². The van der Waals surface area contributed by atoms with Crippen LogP contribution in [0, 0.1) is 0 Å². The summed E-state index contributed by atoms with van der Waals surface area (Å²) in [7, 11) is 0. The minimum Gasteiger partial charge on any atom is -0.331 e. The summed E-state index contributed by atoms with van der Waals surface area (Å²) in [6.07, 6.45) is 0. The van der Waals surface area contributed by atoms with Gasteiger partial charge in [0.15, 0.2) is 0 Å². The zero-order valence-corrected chi connectivity index (χ0v) is 7.28. The van der Waals surface area contributed by atoms with Gasteiger partial charge in [0.25, 0.3) is 0 Å². The highest BCUT2D eigenvalue weighted by molar-refractivity contribution is 4.66. The van der Waals surface area contributed by atoms with Crippen LogP contribution in [0.25, 0.3) is 0 Å². The Bertz CT molecular complexity index is 103. The minimum absolute atomic E-state index is 0.714. The Hall–Kier alpha value is -0.0800. The summed E-state index contributed by atoms with van der Waals surface area (Å²) in [6, 6.07) is 1.52. The molecule has 1 aliphatic heterocycles. The third kappa shape index (κ3) is 1.70. The van der Waals surface area contributed by atoms with Crippen molar-refractivity contribution >= 4 is 0 Å². The maximum Gasteiger partial charge on any atom is 0.0972 e. The maximum absolute atomic E-state index is 3.48. The van der Waals surface area contributed by atoms with Gasteiger partial charge in [0.1, 0.15) is 0 Å². The number of hydrogen-bond acceptors (Lipinski definition) is 1. The van der Waals surface area contributed by atoms with Gasteiger partial charge in [0.2, 0.25) is 0 Å². The highest BCUT2D eigenvalue weighted by Gasteiger charge is 2.23. The van der Waals surface area contributed by atoms with Gasteiger partial charge in [-0.3, -0.25) is 0 Å². The quantitative estimate of drug-likeness (QED) is 0.495. The molecule has 1 heterocycles. The molecule has 0 saturated carbocycles. The number of quaternary nitrogens is 1. The molecule has 1 aliphatic rings. The molecular weight excluding hydrogens is 124 g/mol. The summed E-state index contributed by atoms with van der Waals surface area (Å²) in [4.78, 5) is 1.74.